The maximum Gasteiger partial charge on any atom is 0.338 e. The van der Waals surface area contributed by atoms with E-state index in [1.807, 2.05) is 0 Å². The van der Waals surface area contributed by atoms with E-state index in [0.717, 1.165) is 12.4 Å². The Kier molecular flexibility index (Phi) is 5.58. The number of ether oxygens (including phenoxy) is 2. The van der Waals surface area contributed by atoms with Crippen molar-refractivity contribution in [2.45, 2.75) is 0 Å². The van der Waals surface area contributed by atoms with E-state index in [1.165, 1.54) is 38.5 Å². The molecule has 0 saturated heterocycles. The van der Waals surface area contributed by atoms with Crippen LogP contribution in [0.5, 0.6) is 5.75 Å². The monoisotopic (exact) mass is 278 g/mol. The number of hydrogen-bond acceptors (Lipinski definition) is 5. The third-order valence-electron chi connectivity index (χ3n) is 2.59. The van der Waals surface area contributed by atoms with Gasteiger partial charge in [0, 0.05) is 23.9 Å². The van der Waals surface area contributed by atoms with Gasteiger partial charge in [-0.2, -0.15) is 0 Å². The highest BCUT2D eigenvalue weighted by Crippen LogP contribution is 2.24. The molecule has 1 rings (SSSR count). The van der Waals surface area contributed by atoms with Crippen LogP contribution in [-0.4, -0.2) is 32.6 Å². The number of esters is 1. The van der Waals surface area contributed by atoms with Crippen LogP contribution in [-0.2, 0) is 4.74 Å². The molecule has 6 heteroatoms. The molecule has 0 saturated carbocycles. The number of carbonyl (C=O) groups excluding carboxylic acids is 1. The van der Waals surface area contributed by atoms with Gasteiger partial charge in [0.2, 0.25) is 0 Å². The quantitative estimate of drug-likeness (QED) is 0.619. The molecule has 0 bridgehead atoms. The van der Waals surface area contributed by atoms with Crippen LogP contribution in [0.25, 0.3) is 6.08 Å². The van der Waals surface area contributed by atoms with Crippen molar-refractivity contribution in [3.63, 3.8) is 0 Å². The van der Waals surface area contributed by atoms with Crippen molar-refractivity contribution in [3.8, 4) is 5.75 Å². The standard InChI is InChI=1S/C14H15FN2O3/c1-19-12-6-11(14(18)20-2)5-10(13(12)15)4-3-9(7-16)8-17/h3-9,16-17H,1-2H3/b4-3+,16-7?,17-8?. The van der Waals surface area contributed by atoms with Gasteiger partial charge in [-0.15, -0.1) is 0 Å². The van der Waals surface area contributed by atoms with Crippen LogP contribution < -0.4 is 4.74 Å². The third-order valence-corrected chi connectivity index (χ3v) is 2.59. The molecule has 0 aliphatic carbocycles. The zero-order valence-electron chi connectivity index (χ0n) is 11.1. The summed E-state index contributed by atoms with van der Waals surface area (Å²) in [6.45, 7) is 0. The number of methoxy groups -OCH3 is 2. The summed E-state index contributed by atoms with van der Waals surface area (Å²) in [5.41, 5.74) is 0.283. The number of benzene rings is 1. The predicted molar refractivity (Wildman–Crippen MR) is 74.4 cm³/mol. The number of halogens is 1. The Bertz CT molecular complexity index is 548. The Labute approximate surface area is 116 Å². The molecule has 0 heterocycles. The molecule has 0 unspecified atom stereocenters. The predicted octanol–water partition coefficient (Wildman–Crippen LogP) is 2.55. The molecule has 1 aromatic carbocycles. The first kappa shape index (κ1) is 15.6. The van der Waals surface area contributed by atoms with Gasteiger partial charge >= 0.3 is 5.97 Å². The van der Waals surface area contributed by atoms with Crippen molar-refractivity contribution in [2.75, 3.05) is 14.2 Å². The summed E-state index contributed by atoms with van der Waals surface area (Å²) >= 11 is 0. The Morgan fingerprint density at radius 2 is 1.95 bits per heavy atom. The molecule has 0 aliphatic heterocycles. The topological polar surface area (TPSA) is 83.2 Å². The second-order valence-corrected chi connectivity index (χ2v) is 3.84. The SMILES string of the molecule is COC(=O)c1cc(/C=C/C(C=N)C=N)c(F)c(OC)c1. The molecule has 0 aromatic heterocycles. The van der Waals surface area contributed by atoms with Crippen molar-refractivity contribution in [1.82, 2.24) is 0 Å². The molecule has 2 N–H and O–H groups in total. The van der Waals surface area contributed by atoms with E-state index in [2.05, 4.69) is 4.74 Å². The second kappa shape index (κ2) is 7.18. The van der Waals surface area contributed by atoms with Crippen LogP contribution in [0.2, 0.25) is 0 Å². The summed E-state index contributed by atoms with van der Waals surface area (Å²) in [4.78, 5) is 11.5. The molecular weight excluding hydrogens is 263 g/mol. The number of hydrogen-bond donors (Lipinski definition) is 2. The minimum Gasteiger partial charge on any atom is -0.494 e. The van der Waals surface area contributed by atoms with Gasteiger partial charge in [0.1, 0.15) is 0 Å². The smallest absolute Gasteiger partial charge is 0.338 e. The summed E-state index contributed by atoms with van der Waals surface area (Å²) in [7, 11) is 2.53. The Morgan fingerprint density at radius 3 is 2.45 bits per heavy atom. The zero-order valence-corrected chi connectivity index (χ0v) is 11.1. The fourth-order valence-corrected chi connectivity index (χ4v) is 1.50. The number of carbonyl (C=O) groups is 1. The fourth-order valence-electron chi connectivity index (χ4n) is 1.50. The molecular formula is C14H15FN2O3. The molecule has 20 heavy (non-hydrogen) atoms. The van der Waals surface area contributed by atoms with Gasteiger partial charge < -0.3 is 20.3 Å². The molecule has 0 amide bonds. The van der Waals surface area contributed by atoms with Crippen molar-refractivity contribution in [3.05, 3.63) is 35.2 Å². The van der Waals surface area contributed by atoms with Crippen LogP contribution in [0.1, 0.15) is 15.9 Å². The molecule has 0 atom stereocenters. The number of allylic oxidation sites excluding steroid dienone is 1. The summed E-state index contributed by atoms with van der Waals surface area (Å²) in [6.07, 6.45) is 4.95. The Hall–Kier alpha value is -2.50. The summed E-state index contributed by atoms with van der Waals surface area (Å²) in [5.74, 6) is -1.82. The maximum absolute atomic E-state index is 14.0. The van der Waals surface area contributed by atoms with Crippen LogP contribution >= 0.6 is 0 Å². The Morgan fingerprint density at radius 1 is 1.30 bits per heavy atom. The fraction of sp³-hybridized carbons (Fsp3) is 0.214. The van der Waals surface area contributed by atoms with Crippen molar-refractivity contribution in [2.24, 2.45) is 5.92 Å². The van der Waals surface area contributed by atoms with Gasteiger partial charge in [-0.3, -0.25) is 0 Å². The lowest BCUT2D eigenvalue weighted by Gasteiger charge is -2.08. The zero-order chi connectivity index (χ0) is 15.1. The number of rotatable bonds is 6. The number of nitrogens with one attached hydrogen (secondary N) is 2. The average Bonchev–Trinajstić information content (AvgIpc) is 2.48. The van der Waals surface area contributed by atoms with Crippen molar-refractivity contribution in [1.29, 1.82) is 10.8 Å². The van der Waals surface area contributed by atoms with Gasteiger partial charge in [0.15, 0.2) is 11.6 Å². The van der Waals surface area contributed by atoms with Crippen LogP contribution in [0.4, 0.5) is 4.39 Å². The van der Waals surface area contributed by atoms with Crippen LogP contribution in [0, 0.1) is 22.6 Å². The van der Waals surface area contributed by atoms with Crippen molar-refractivity contribution >= 4 is 24.5 Å². The summed E-state index contributed by atoms with van der Waals surface area (Å²) in [6, 6.07) is 2.58. The van der Waals surface area contributed by atoms with Gasteiger partial charge in [-0.05, 0) is 12.1 Å². The van der Waals surface area contributed by atoms with Crippen LogP contribution in [0.3, 0.4) is 0 Å². The largest absolute Gasteiger partial charge is 0.494 e. The van der Waals surface area contributed by atoms with Gasteiger partial charge in [-0.1, -0.05) is 12.2 Å². The maximum atomic E-state index is 14.0. The first-order valence-electron chi connectivity index (χ1n) is 5.72. The van der Waals surface area contributed by atoms with Gasteiger partial charge in [-0.25, -0.2) is 9.18 Å². The molecule has 0 spiro atoms. The molecule has 5 nitrogen and oxygen atoms in total. The van der Waals surface area contributed by atoms with Gasteiger partial charge in [0.05, 0.1) is 19.8 Å². The highest BCUT2D eigenvalue weighted by Gasteiger charge is 2.14. The normalized spacial score (nSPS) is 11.9. The van der Waals surface area contributed by atoms with Gasteiger partial charge in [0.25, 0.3) is 0 Å². The van der Waals surface area contributed by atoms with E-state index in [9.17, 15) is 9.18 Å². The molecule has 0 radical (unpaired) electrons. The highest BCUT2D eigenvalue weighted by molar-refractivity contribution is 5.91. The highest BCUT2D eigenvalue weighted by atomic mass is 19.1. The molecule has 106 valence electrons. The first-order chi connectivity index (χ1) is 9.57. The summed E-state index contributed by atoms with van der Waals surface area (Å²) in [5, 5.41) is 14.2. The third kappa shape index (κ3) is 3.50. The molecule has 0 aliphatic rings. The minimum atomic E-state index is -0.620. The van der Waals surface area contributed by atoms with E-state index in [4.69, 9.17) is 15.6 Å². The first-order valence-corrected chi connectivity index (χ1v) is 5.72. The lowest BCUT2D eigenvalue weighted by Crippen LogP contribution is -2.04. The van der Waals surface area contributed by atoms with E-state index in [1.54, 1.807) is 0 Å². The lowest BCUT2D eigenvalue weighted by molar-refractivity contribution is 0.0600. The average molecular weight is 278 g/mol. The van der Waals surface area contributed by atoms with Crippen molar-refractivity contribution < 1.29 is 18.7 Å². The van der Waals surface area contributed by atoms with Crippen LogP contribution in [0.15, 0.2) is 18.2 Å². The summed E-state index contributed by atoms with van der Waals surface area (Å²) < 4.78 is 23.5. The molecule has 1 aromatic rings. The van der Waals surface area contributed by atoms with E-state index < -0.39 is 17.7 Å². The van der Waals surface area contributed by atoms with E-state index in [0.29, 0.717) is 0 Å². The second-order valence-electron chi connectivity index (χ2n) is 3.84. The van der Waals surface area contributed by atoms with E-state index in [-0.39, 0.29) is 16.9 Å². The minimum absolute atomic E-state index is 0.0752. The van der Waals surface area contributed by atoms with E-state index >= 15 is 0 Å². The Balaban J connectivity index is 3.26. The molecule has 0 fully saturated rings. The lowest BCUT2D eigenvalue weighted by atomic mass is 10.1.